The van der Waals surface area contributed by atoms with Gasteiger partial charge in [0.15, 0.2) is 0 Å². The largest absolute Gasteiger partial charge is 0.392 e. The topological polar surface area (TPSA) is 23.5 Å². The molecule has 1 saturated heterocycles. The maximum absolute atomic E-state index is 9.32. The Morgan fingerprint density at radius 2 is 2.20 bits per heavy atom. The SMILES string of the molecule is C[C@H](O)[C@@H]1C[C@@H]2C[C@@H]2N1C. The Hall–Kier alpha value is -0.0800. The van der Waals surface area contributed by atoms with Crippen LogP contribution in [0.5, 0.6) is 0 Å². The summed E-state index contributed by atoms with van der Waals surface area (Å²) in [5.41, 5.74) is 0. The molecule has 0 aromatic heterocycles. The molecule has 2 aliphatic rings. The molecule has 0 radical (unpaired) electrons. The Bertz CT molecular complexity index is 146. The van der Waals surface area contributed by atoms with Crippen molar-refractivity contribution in [2.75, 3.05) is 7.05 Å². The molecule has 1 heterocycles. The number of rotatable bonds is 1. The van der Waals surface area contributed by atoms with Crippen LogP contribution in [-0.2, 0) is 0 Å². The van der Waals surface area contributed by atoms with Gasteiger partial charge in [0.2, 0.25) is 0 Å². The average molecular weight is 141 g/mol. The van der Waals surface area contributed by atoms with Gasteiger partial charge in [0.1, 0.15) is 0 Å². The number of aliphatic hydroxyl groups is 1. The minimum Gasteiger partial charge on any atom is -0.392 e. The van der Waals surface area contributed by atoms with E-state index < -0.39 is 0 Å². The number of nitrogens with zero attached hydrogens (tertiary/aromatic N) is 1. The maximum atomic E-state index is 9.32. The van der Waals surface area contributed by atoms with Gasteiger partial charge in [-0.1, -0.05) is 0 Å². The number of piperidine rings is 1. The molecule has 10 heavy (non-hydrogen) atoms. The van der Waals surface area contributed by atoms with Gasteiger partial charge in [-0.15, -0.1) is 0 Å². The van der Waals surface area contributed by atoms with E-state index >= 15 is 0 Å². The molecule has 2 fully saturated rings. The normalized spacial score (nSPS) is 48.9. The molecule has 0 unspecified atom stereocenters. The molecule has 1 saturated carbocycles. The molecule has 2 heteroatoms. The molecule has 0 spiro atoms. The third kappa shape index (κ3) is 0.789. The van der Waals surface area contributed by atoms with Crippen LogP contribution >= 0.6 is 0 Å². The maximum Gasteiger partial charge on any atom is 0.0667 e. The fourth-order valence-electron chi connectivity index (χ4n) is 2.24. The molecule has 2 rings (SSSR count). The second-order valence-corrected chi connectivity index (χ2v) is 3.77. The monoisotopic (exact) mass is 141 g/mol. The van der Waals surface area contributed by atoms with Crippen molar-refractivity contribution in [3.05, 3.63) is 0 Å². The average Bonchev–Trinajstić information content (AvgIpc) is 2.54. The molecule has 1 aliphatic carbocycles. The minimum absolute atomic E-state index is 0.141. The summed E-state index contributed by atoms with van der Waals surface area (Å²) in [6, 6.07) is 1.27. The number of likely N-dealkylation sites (tertiary alicyclic amines) is 1. The van der Waals surface area contributed by atoms with Gasteiger partial charge < -0.3 is 5.11 Å². The number of likely N-dealkylation sites (N-methyl/N-ethyl adjacent to an activating group) is 1. The molecule has 4 atom stereocenters. The van der Waals surface area contributed by atoms with Crippen LogP contribution in [0.15, 0.2) is 0 Å². The highest BCUT2D eigenvalue weighted by Gasteiger charge is 2.51. The number of fused-ring (bicyclic) bond motifs is 1. The third-order valence-corrected chi connectivity index (χ3v) is 3.03. The second kappa shape index (κ2) is 1.95. The van der Waals surface area contributed by atoms with Crippen LogP contribution in [0.4, 0.5) is 0 Å². The van der Waals surface area contributed by atoms with Crippen LogP contribution in [0.1, 0.15) is 19.8 Å². The Morgan fingerprint density at radius 1 is 1.50 bits per heavy atom. The summed E-state index contributed by atoms with van der Waals surface area (Å²) in [6.45, 7) is 1.89. The van der Waals surface area contributed by atoms with Crippen molar-refractivity contribution in [3.8, 4) is 0 Å². The van der Waals surface area contributed by atoms with E-state index in [-0.39, 0.29) is 6.10 Å². The predicted octanol–water partition coefficient (Wildman–Crippen LogP) is 0.460. The lowest BCUT2D eigenvalue weighted by molar-refractivity contribution is 0.0871. The van der Waals surface area contributed by atoms with Crippen molar-refractivity contribution in [1.29, 1.82) is 0 Å². The molecule has 0 aromatic rings. The summed E-state index contributed by atoms with van der Waals surface area (Å²) in [4.78, 5) is 2.34. The van der Waals surface area contributed by atoms with Crippen molar-refractivity contribution in [3.63, 3.8) is 0 Å². The zero-order valence-electron chi connectivity index (χ0n) is 6.62. The lowest BCUT2D eigenvalue weighted by Gasteiger charge is -2.24. The molecule has 1 aliphatic heterocycles. The van der Waals surface area contributed by atoms with Gasteiger partial charge in [0, 0.05) is 12.1 Å². The van der Waals surface area contributed by atoms with E-state index in [1.54, 1.807) is 0 Å². The van der Waals surface area contributed by atoms with Gasteiger partial charge in [-0.25, -0.2) is 0 Å². The van der Waals surface area contributed by atoms with Crippen LogP contribution in [0.3, 0.4) is 0 Å². The van der Waals surface area contributed by atoms with Gasteiger partial charge in [0.25, 0.3) is 0 Å². The summed E-state index contributed by atoms with van der Waals surface area (Å²) in [7, 11) is 2.13. The quantitative estimate of drug-likeness (QED) is 0.573. The smallest absolute Gasteiger partial charge is 0.0667 e. The number of hydrogen-bond donors (Lipinski definition) is 1. The van der Waals surface area contributed by atoms with E-state index in [4.69, 9.17) is 0 Å². The van der Waals surface area contributed by atoms with E-state index in [1.165, 1.54) is 12.8 Å². The Morgan fingerprint density at radius 3 is 2.50 bits per heavy atom. The zero-order valence-corrected chi connectivity index (χ0v) is 6.62. The molecular formula is C8H15NO. The first-order valence-corrected chi connectivity index (χ1v) is 4.10. The van der Waals surface area contributed by atoms with E-state index in [0.717, 1.165) is 12.0 Å². The highest BCUT2D eigenvalue weighted by atomic mass is 16.3. The fraction of sp³-hybridized carbons (Fsp3) is 1.00. The molecular weight excluding hydrogens is 126 g/mol. The van der Waals surface area contributed by atoms with Crippen molar-refractivity contribution < 1.29 is 5.11 Å². The van der Waals surface area contributed by atoms with Crippen molar-refractivity contribution in [1.82, 2.24) is 4.90 Å². The summed E-state index contributed by atoms with van der Waals surface area (Å²) >= 11 is 0. The zero-order chi connectivity index (χ0) is 7.30. The number of hydrogen-bond acceptors (Lipinski definition) is 2. The van der Waals surface area contributed by atoms with Crippen LogP contribution in [0.25, 0.3) is 0 Å². The molecule has 1 N–H and O–H groups in total. The van der Waals surface area contributed by atoms with E-state index in [2.05, 4.69) is 11.9 Å². The Labute approximate surface area is 61.8 Å². The van der Waals surface area contributed by atoms with Gasteiger partial charge in [-0.3, -0.25) is 4.90 Å². The van der Waals surface area contributed by atoms with Crippen LogP contribution in [0, 0.1) is 5.92 Å². The van der Waals surface area contributed by atoms with Crippen LogP contribution in [0.2, 0.25) is 0 Å². The summed E-state index contributed by atoms with van der Waals surface area (Å²) < 4.78 is 0. The number of aliphatic hydroxyl groups excluding tert-OH is 1. The summed E-state index contributed by atoms with van der Waals surface area (Å²) in [5.74, 6) is 0.921. The van der Waals surface area contributed by atoms with Gasteiger partial charge >= 0.3 is 0 Å². The van der Waals surface area contributed by atoms with E-state index in [1.807, 2.05) is 6.92 Å². The highest BCUT2D eigenvalue weighted by Crippen LogP contribution is 2.47. The van der Waals surface area contributed by atoms with Crippen molar-refractivity contribution >= 4 is 0 Å². The molecule has 58 valence electrons. The van der Waals surface area contributed by atoms with E-state index in [0.29, 0.717) is 6.04 Å². The van der Waals surface area contributed by atoms with Gasteiger partial charge in [-0.2, -0.15) is 0 Å². The first kappa shape index (κ1) is 6.62. The predicted molar refractivity (Wildman–Crippen MR) is 39.7 cm³/mol. The lowest BCUT2D eigenvalue weighted by atomic mass is 10.1. The first-order chi connectivity index (χ1) is 4.70. The summed E-state index contributed by atoms with van der Waals surface area (Å²) in [5, 5.41) is 9.32. The van der Waals surface area contributed by atoms with Gasteiger partial charge in [0.05, 0.1) is 6.10 Å². The fourth-order valence-corrected chi connectivity index (χ4v) is 2.24. The van der Waals surface area contributed by atoms with Gasteiger partial charge in [-0.05, 0) is 32.7 Å². The lowest BCUT2D eigenvalue weighted by Crippen LogP contribution is -2.37. The molecule has 0 amide bonds. The molecule has 0 aromatic carbocycles. The van der Waals surface area contributed by atoms with Crippen molar-refractivity contribution in [2.45, 2.75) is 38.0 Å². The third-order valence-electron chi connectivity index (χ3n) is 3.03. The minimum atomic E-state index is -0.141. The van der Waals surface area contributed by atoms with Crippen LogP contribution in [-0.4, -0.2) is 35.2 Å². The summed E-state index contributed by atoms with van der Waals surface area (Å²) in [6.07, 6.45) is 2.45. The van der Waals surface area contributed by atoms with Crippen molar-refractivity contribution in [2.24, 2.45) is 5.92 Å². The Kier molecular flexibility index (Phi) is 1.29. The molecule has 0 bridgehead atoms. The van der Waals surface area contributed by atoms with Crippen LogP contribution < -0.4 is 0 Å². The second-order valence-electron chi connectivity index (χ2n) is 3.77. The Balaban J connectivity index is 2.00. The van der Waals surface area contributed by atoms with E-state index in [9.17, 15) is 5.11 Å². The first-order valence-electron chi connectivity index (χ1n) is 4.10. The highest BCUT2D eigenvalue weighted by molar-refractivity contribution is 5.05. The molecule has 2 nitrogen and oxygen atoms in total. The standard InChI is InChI=1S/C8H15NO/c1-5(10)7-3-6-4-8(6)9(7)2/h5-8,10H,3-4H2,1-2H3/t5-,6+,7-,8-/m0/s1.